The van der Waals surface area contributed by atoms with Crippen LogP contribution in [0.15, 0.2) is 30.6 Å². The Hall–Kier alpha value is -3.28. The number of H-pyrrole nitrogens is 1. The lowest BCUT2D eigenvalue weighted by molar-refractivity contribution is -0.152. The minimum atomic E-state index is -0.802. The number of hydrogen-bond donors (Lipinski definition) is 2. The third kappa shape index (κ3) is 5.04. The maximum atomic E-state index is 16.4. The number of pyridine rings is 1. The molecule has 2 atom stereocenters. The van der Waals surface area contributed by atoms with E-state index in [1.54, 1.807) is 6.20 Å². The van der Waals surface area contributed by atoms with Gasteiger partial charge in [0.25, 0.3) is 0 Å². The number of aromatic nitrogens is 4. The van der Waals surface area contributed by atoms with Crippen LogP contribution in [-0.2, 0) is 22.5 Å². The molecular formula is C30H31F2N5O3S. The van der Waals surface area contributed by atoms with Crippen LogP contribution < -0.4 is 0 Å². The number of ether oxygens (including phenoxy) is 1. The minimum absolute atomic E-state index is 0.119. The fourth-order valence-electron chi connectivity index (χ4n) is 7.12. The predicted octanol–water partition coefficient (Wildman–Crippen LogP) is 5.54. The second kappa shape index (κ2) is 10.8. The van der Waals surface area contributed by atoms with Gasteiger partial charge in [0.15, 0.2) is 11.6 Å². The van der Waals surface area contributed by atoms with Crippen LogP contribution in [0.4, 0.5) is 8.78 Å². The molecule has 8 nitrogen and oxygen atoms in total. The van der Waals surface area contributed by atoms with Crippen LogP contribution in [0.1, 0.15) is 36.3 Å². The van der Waals surface area contributed by atoms with E-state index in [1.807, 2.05) is 12.1 Å². The summed E-state index contributed by atoms with van der Waals surface area (Å²) >= 11 is 1.49. The summed E-state index contributed by atoms with van der Waals surface area (Å²) in [5.74, 6) is -1.87. The molecule has 0 spiro atoms. The number of hydrogen-bond acceptors (Lipinski definition) is 7. The van der Waals surface area contributed by atoms with Crippen molar-refractivity contribution in [3.63, 3.8) is 0 Å². The Balaban J connectivity index is 1.30. The SMILES string of the molecule is O=C(O)C1C2CCC(CC2)C1Cc1nc(-c2c[nH]c3ncc(F)cc23)nc(-c2ccc(CN3CCOCC3)s2)c1F. The van der Waals surface area contributed by atoms with Crippen LogP contribution in [-0.4, -0.2) is 62.2 Å². The summed E-state index contributed by atoms with van der Waals surface area (Å²) in [5, 5.41) is 10.6. The van der Waals surface area contributed by atoms with Gasteiger partial charge in [-0.25, -0.2) is 23.7 Å². The second-order valence-electron chi connectivity index (χ2n) is 11.5. The zero-order valence-electron chi connectivity index (χ0n) is 22.5. The average Bonchev–Trinajstić information content (AvgIpc) is 3.62. The summed E-state index contributed by atoms with van der Waals surface area (Å²) in [6.45, 7) is 3.85. The number of aromatic amines is 1. The van der Waals surface area contributed by atoms with Crippen LogP contribution in [0.5, 0.6) is 0 Å². The Morgan fingerprint density at radius 2 is 1.90 bits per heavy atom. The van der Waals surface area contributed by atoms with E-state index in [0.717, 1.165) is 56.4 Å². The number of halogens is 2. The molecule has 1 saturated heterocycles. The summed E-state index contributed by atoms with van der Waals surface area (Å²) in [6.07, 6.45) is 6.79. The molecule has 4 aromatic rings. The third-order valence-electron chi connectivity index (χ3n) is 9.14. The van der Waals surface area contributed by atoms with E-state index in [4.69, 9.17) is 4.74 Å². The normalized spacial score (nSPS) is 24.7. The van der Waals surface area contributed by atoms with Crippen LogP contribution >= 0.6 is 11.3 Å². The number of carboxylic acid groups (broad SMARTS) is 1. The van der Waals surface area contributed by atoms with Gasteiger partial charge in [-0.15, -0.1) is 11.3 Å². The number of morpholine rings is 1. The third-order valence-corrected chi connectivity index (χ3v) is 10.2. The van der Waals surface area contributed by atoms with Crippen molar-refractivity contribution in [3.8, 4) is 22.0 Å². The highest BCUT2D eigenvalue weighted by atomic mass is 32.1. The quantitative estimate of drug-likeness (QED) is 0.296. The molecule has 2 unspecified atom stereocenters. The van der Waals surface area contributed by atoms with E-state index in [2.05, 4.69) is 24.8 Å². The highest BCUT2D eigenvalue weighted by molar-refractivity contribution is 7.15. The number of nitrogens with zero attached hydrogens (tertiary/aromatic N) is 4. The Labute approximate surface area is 239 Å². The van der Waals surface area contributed by atoms with Gasteiger partial charge < -0.3 is 14.8 Å². The Kier molecular flexibility index (Phi) is 7.04. The highest BCUT2D eigenvalue weighted by Crippen LogP contribution is 2.50. The highest BCUT2D eigenvalue weighted by Gasteiger charge is 2.47. The van der Waals surface area contributed by atoms with E-state index in [-0.39, 0.29) is 41.4 Å². The van der Waals surface area contributed by atoms with Gasteiger partial charge in [-0.2, -0.15) is 0 Å². The number of aliphatic carboxylic acids is 1. The van der Waals surface area contributed by atoms with Crippen LogP contribution in [0, 0.1) is 35.3 Å². The van der Waals surface area contributed by atoms with Crippen LogP contribution in [0.3, 0.4) is 0 Å². The number of carbonyl (C=O) groups is 1. The Morgan fingerprint density at radius 1 is 1.12 bits per heavy atom. The van der Waals surface area contributed by atoms with Gasteiger partial charge in [-0.3, -0.25) is 9.69 Å². The molecule has 3 saturated carbocycles. The molecule has 214 valence electrons. The van der Waals surface area contributed by atoms with Crippen molar-refractivity contribution < 1.29 is 23.4 Å². The van der Waals surface area contributed by atoms with Crippen molar-refractivity contribution in [2.45, 2.75) is 38.6 Å². The molecule has 11 heteroatoms. The average molecular weight is 580 g/mol. The molecule has 0 amide bonds. The van der Waals surface area contributed by atoms with Crippen molar-refractivity contribution >= 4 is 28.3 Å². The zero-order valence-corrected chi connectivity index (χ0v) is 23.3. The molecule has 8 rings (SSSR count). The summed E-state index contributed by atoms with van der Waals surface area (Å²) in [7, 11) is 0. The number of carboxylic acids is 1. The number of rotatable bonds is 7. The minimum Gasteiger partial charge on any atom is -0.481 e. The molecule has 4 aliphatic rings. The molecule has 3 aliphatic carbocycles. The maximum absolute atomic E-state index is 16.4. The van der Waals surface area contributed by atoms with Crippen molar-refractivity contribution in [2.75, 3.05) is 26.3 Å². The molecule has 4 fully saturated rings. The molecular weight excluding hydrogens is 548 g/mol. The van der Waals surface area contributed by atoms with Gasteiger partial charge in [-0.1, -0.05) is 0 Å². The van der Waals surface area contributed by atoms with E-state index < -0.39 is 23.5 Å². The number of fused-ring (bicyclic) bond motifs is 4. The van der Waals surface area contributed by atoms with Crippen LogP contribution in [0.25, 0.3) is 33.0 Å². The van der Waals surface area contributed by atoms with Crippen molar-refractivity contribution in [2.24, 2.45) is 23.7 Å². The molecule has 5 heterocycles. The first-order valence-corrected chi connectivity index (χ1v) is 15.1. The topological polar surface area (TPSA) is 104 Å². The number of nitrogens with one attached hydrogen (secondary N) is 1. The van der Waals surface area contributed by atoms with Crippen LogP contribution in [0.2, 0.25) is 0 Å². The lowest BCUT2D eigenvalue weighted by Crippen LogP contribution is -2.45. The van der Waals surface area contributed by atoms with Gasteiger partial charge in [0.1, 0.15) is 17.2 Å². The first-order chi connectivity index (χ1) is 19.9. The van der Waals surface area contributed by atoms with E-state index in [9.17, 15) is 14.3 Å². The lowest BCUT2D eigenvalue weighted by Gasteiger charge is -2.46. The molecule has 0 radical (unpaired) electrons. The zero-order chi connectivity index (χ0) is 28.1. The predicted molar refractivity (Wildman–Crippen MR) is 150 cm³/mol. The van der Waals surface area contributed by atoms with Crippen molar-refractivity contribution in [1.82, 2.24) is 24.8 Å². The second-order valence-corrected chi connectivity index (χ2v) is 12.6. The van der Waals surface area contributed by atoms with Gasteiger partial charge in [-0.05, 0) is 68.1 Å². The largest absolute Gasteiger partial charge is 0.481 e. The molecule has 41 heavy (non-hydrogen) atoms. The Bertz CT molecular complexity index is 1590. The maximum Gasteiger partial charge on any atom is 0.307 e. The fourth-order valence-corrected chi connectivity index (χ4v) is 8.16. The summed E-state index contributed by atoms with van der Waals surface area (Å²) in [6, 6.07) is 5.26. The summed E-state index contributed by atoms with van der Waals surface area (Å²) < 4.78 is 36.0. The summed E-state index contributed by atoms with van der Waals surface area (Å²) in [5.41, 5.74) is 1.42. The molecule has 4 aromatic heterocycles. The lowest BCUT2D eigenvalue weighted by atomic mass is 9.57. The first kappa shape index (κ1) is 26.6. The van der Waals surface area contributed by atoms with E-state index in [1.165, 1.54) is 17.4 Å². The standard InChI is InChI=1S/C30H31F2N5O3S/c31-18-11-21-22(14-34-28(21)33-13-18)29-35-23(12-20-16-1-3-17(4-2-16)25(20)30(38)39)26(32)27(36-29)24-6-5-19(41-24)15-37-7-9-40-10-8-37/h5-6,11,13-14,16-17,20,25H,1-4,7-10,12,15H2,(H,33,34)(H,38,39). The monoisotopic (exact) mass is 579 g/mol. The van der Waals surface area contributed by atoms with E-state index >= 15 is 4.39 Å². The summed E-state index contributed by atoms with van der Waals surface area (Å²) in [4.78, 5) is 32.9. The van der Waals surface area contributed by atoms with E-state index in [0.29, 0.717) is 34.7 Å². The van der Waals surface area contributed by atoms with Crippen molar-refractivity contribution in [3.05, 3.63) is 52.8 Å². The molecule has 2 bridgehead atoms. The molecule has 0 aromatic carbocycles. The van der Waals surface area contributed by atoms with Gasteiger partial charge >= 0.3 is 5.97 Å². The smallest absolute Gasteiger partial charge is 0.307 e. The number of thiophene rings is 1. The van der Waals surface area contributed by atoms with Gasteiger partial charge in [0, 0.05) is 41.7 Å². The first-order valence-electron chi connectivity index (χ1n) is 14.3. The van der Waals surface area contributed by atoms with Crippen molar-refractivity contribution in [1.29, 1.82) is 0 Å². The fraction of sp³-hybridized carbons (Fsp3) is 0.467. The molecule has 2 N–H and O–H groups in total. The van der Waals surface area contributed by atoms with Gasteiger partial charge in [0.2, 0.25) is 0 Å². The Morgan fingerprint density at radius 3 is 2.68 bits per heavy atom. The molecule has 1 aliphatic heterocycles. The van der Waals surface area contributed by atoms with Gasteiger partial charge in [0.05, 0.1) is 35.9 Å².